The molecule has 0 radical (unpaired) electrons. The number of amides is 3. The fourth-order valence-corrected chi connectivity index (χ4v) is 2.97. The number of rotatable bonds is 10. The highest BCUT2D eigenvalue weighted by atomic mass is 16.5. The van der Waals surface area contributed by atoms with Crippen LogP contribution in [-0.4, -0.2) is 47.8 Å². The summed E-state index contributed by atoms with van der Waals surface area (Å²) in [4.78, 5) is 49.0. The molecule has 1 aromatic carbocycles. The van der Waals surface area contributed by atoms with Crippen molar-refractivity contribution >= 4 is 23.7 Å². The molecule has 1 aliphatic heterocycles. The highest BCUT2D eigenvalue weighted by Gasteiger charge is 2.36. The first-order valence-corrected chi connectivity index (χ1v) is 9.34. The van der Waals surface area contributed by atoms with E-state index in [0.717, 1.165) is 30.6 Å². The van der Waals surface area contributed by atoms with Gasteiger partial charge < -0.3 is 10.1 Å². The lowest BCUT2D eigenvalue weighted by atomic mass is 10.1. The van der Waals surface area contributed by atoms with Gasteiger partial charge in [0.2, 0.25) is 0 Å². The topological polar surface area (TPSA) is 92.8 Å². The molecule has 1 N–H and O–H groups in total. The van der Waals surface area contributed by atoms with Gasteiger partial charge >= 0.3 is 5.97 Å². The SMILES string of the molecule is CCCCCC[C@@H](C)NC(=O)COC(=O)CN1C(=O)c2ccccc2C1=O. The van der Waals surface area contributed by atoms with Gasteiger partial charge in [0.1, 0.15) is 6.54 Å². The van der Waals surface area contributed by atoms with E-state index in [4.69, 9.17) is 4.74 Å². The summed E-state index contributed by atoms with van der Waals surface area (Å²) in [6.07, 6.45) is 5.37. The molecule has 1 aliphatic rings. The molecule has 0 bridgehead atoms. The molecule has 0 saturated heterocycles. The fourth-order valence-electron chi connectivity index (χ4n) is 2.97. The summed E-state index contributed by atoms with van der Waals surface area (Å²) in [6, 6.07) is 6.38. The minimum Gasteiger partial charge on any atom is -0.454 e. The number of hydrogen-bond acceptors (Lipinski definition) is 5. The number of hydrogen-bond donors (Lipinski definition) is 1. The van der Waals surface area contributed by atoms with Crippen LogP contribution in [0.3, 0.4) is 0 Å². The molecule has 146 valence electrons. The second-order valence-corrected chi connectivity index (χ2v) is 6.72. The Morgan fingerprint density at radius 1 is 1.07 bits per heavy atom. The quantitative estimate of drug-likeness (QED) is 0.385. The predicted molar refractivity (Wildman–Crippen MR) is 99.1 cm³/mol. The van der Waals surface area contributed by atoms with Gasteiger partial charge in [-0.3, -0.25) is 24.1 Å². The number of unbranched alkanes of at least 4 members (excludes halogenated alkanes) is 3. The molecule has 7 nitrogen and oxygen atoms in total. The zero-order valence-electron chi connectivity index (χ0n) is 15.8. The maximum absolute atomic E-state index is 12.2. The van der Waals surface area contributed by atoms with Crippen LogP contribution in [0.25, 0.3) is 0 Å². The zero-order chi connectivity index (χ0) is 19.8. The molecular weight excluding hydrogens is 348 g/mol. The monoisotopic (exact) mass is 374 g/mol. The largest absolute Gasteiger partial charge is 0.454 e. The maximum atomic E-state index is 12.2. The van der Waals surface area contributed by atoms with Crippen LogP contribution in [0.4, 0.5) is 0 Å². The summed E-state index contributed by atoms with van der Waals surface area (Å²) in [5, 5.41) is 2.77. The van der Waals surface area contributed by atoms with Crippen molar-refractivity contribution in [1.29, 1.82) is 0 Å². The maximum Gasteiger partial charge on any atom is 0.326 e. The Bertz CT molecular complexity index is 681. The molecule has 0 unspecified atom stereocenters. The standard InChI is InChI=1S/C20H26N2O5/c1-3-4-5-6-9-14(2)21-17(23)13-27-18(24)12-22-19(25)15-10-7-8-11-16(15)20(22)26/h7-8,10-11,14H,3-6,9,12-13H2,1-2H3,(H,21,23)/t14-/m1/s1. The summed E-state index contributed by atoms with van der Waals surface area (Å²) >= 11 is 0. The molecule has 0 aromatic heterocycles. The first-order valence-electron chi connectivity index (χ1n) is 9.34. The van der Waals surface area contributed by atoms with Crippen LogP contribution in [0.2, 0.25) is 0 Å². The predicted octanol–water partition coefficient (Wildman–Crippen LogP) is 2.30. The number of esters is 1. The van der Waals surface area contributed by atoms with Crippen molar-refractivity contribution in [3.05, 3.63) is 35.4 Å². The fraction of sp³-hybridized carbons (Fsp3) is 0.500. The Morgan fingerprint density at radius 3 is 2.30 bits per heavy atom. The lowest BCUT2D eigenvalue weighted by Crippen LogP contribution is -2.39. The molecule has 7 heteroatoms. The van der Waals surface area contributed by atoms with E-state index in [1.807, 2.05) is 6.92 Å². The summed E-state index contributed by atoms with van der Waals surface area (Å²) in [5.41, 5.74) is 0.537. The summed E-state index contributed by atoms with van der Waals surface area (Å²) in [6.45, 7) is 3.11. The highest BCUT2D eigenvalue weighted by molar-refractivity contribution is 6.22. The van der Waals surface area contributed by atoms with E-state index in [0.29, 0.717) is 0 Å². The number of fused-ring (bicyclic) bond motifs is 1. The molecule has 27 heavy (non-hydrogen) atoms. The van der Waals surface area contributed by atoms with Gasteiger partial charge in [0, 0.05) is 6.04 Å². The minimum absolute atomic E-state index is 0.00398. The van der Waals surface area contributed by atoms with Gasteiger partial charge in [-0.1, -0.05) is 44.7 Å². The van der Waals surface area contributed by atoms with Crippen molar-refractivity contribution in [2.75, 3.05) is 13.2 Å². The minimum atomic E-state index is -0.796. The third-order valence-corrected chi connectivity index (χ3v) is 4.43. The van der Waals surface area contributed by atoms with Crippen LogP contribution >= 0.6 is 0 Å². The molecule has 3 amide bonds. The van der Waals surface area contributed by atoms with Gasteiger partial charge in [-0.2, -0.15) is 0 Å². The van der Waals surface area contributed by atoms with Crippen molar-refractivity contribution in [3.8, 4) is 0 Å². The smallest absolute Gasteiger partial charge is 0.326 e. The van der Waals surface area contributed by atoms with Gasteiger partial charge in [0.25, 0.3) is 17.7 Å². The highest BCUT2D eigenvalue weighted by Crippen LogP contribution is 2.22. The number of nitrogens with one attached hydrogen (secondary N) is 1. The van der Waals surface area contributed by atoms with E-state index in [2.05, 4.69) is 12.2 Å². The number of carbonyl (C=O) groups is 4. The number of ether oxygens (including phenoxy) is 1. The number of imide groups is 1. The van der Waals surface area contributed by atoms with Gasteiger partial charge in [-0.05, 0) is 25.5 Å². The van der Waals surface area contributed by atoms with Crippen LogP contribution in [0.5, 0.6) is 0 Å². The lowest BCUT2D eigenvalue weighted by Gasteiger charge is -2.15. The van der Waals surface area contributed by atoms with E-state index in [-0.39, 0.29) is 17.2 Å². The first-order chi connectivity index (χ1) is 12.9. The number of carbonyl (C=O) groups excluding carboxylic acids is 4. The molecule has 1 aromatic rings. The average Bonchev–Trinajstić information content (AvgIpc) is 2.89. The molecule has 0 fully saturated rings. The van der Waals surface area contributed by atoms with Crippen LogP contribution in [0.15, 0.2) is 24.3 Å². The van der Waals surface area contributed by atoms with Gasteiger partial charge in [-0.25, -0.2) is 0 Å². The molecule has 1 heterocycles. The number of benzene rings is 1. The Hall–Kier alpha value is -2.70. The summed E-state index contributed by atoms with van der Waals surface area (Å²) < 4.78 is 4.91. The first kappa shape index (κ1) is 20.6. The number of nitrogens with zero attached hydrogens (tertiary/aromatic N) is 1. The third kappa shape index (κ3) is 5.64. The molecule has 0 aliphatic carbocycles. The summed E-state index contributed by atoms with van der Waals surface area (Å²) in [7, 11) is 0. The van der Waals surface area contributed by atoms with Gasteiger partial charge in [0.05, 0.1) is 11.1 Å². The van der Waals surface area contributed by atoms with Crippen LogP contribution in [0.1, 0.15) is 66.7 Å². The van der Waals surface area contributed by atoms with E-state index in [1.54, 1.807) is 12.1 Å². The Balaban J connectivity index is 1.73. The zero-order valence-corrected chi connectivity index (χ0v) is 15.8. The molecule has 1 atom stereocenters. The molecular formula is C20H26N2O5. The van der Waals surface area contributed by atoms with Crippen molar-refractivity contribution < 1.29 is 23.9 Å². The van der Waals surface area contributed by atoms with Crippen molar-refractivity contribution in [3.63, 3.8) is 0 Å². The molecule has 0 saturated carbocycles. The second kappa shape index (κ2) is 9.85. The Labute approximate surface area is 159 Å². The third-order valence-electron chi connectivity index (χ3n) is 4.43. The van der Waals surface area contributed by atoms with E-state index in [1.165, 1.54) is 18.6 Å². The Morgan fingerprint density at radius 2 is 1.70 bits per heavy atom. The van der Waals surface area contributed by atoms with Crippen LogP contribution in [0, 0.1) is 0 Å². The van der Waals surface area contributed by atoms with E-state index < -0.39 is 36.8 Å². The van der Waals surface area contributed by atoms with Crippen molar-refractivity contribution in [2.45, 2.75) is 52.0 Å². The molecule has 2 rings (SSSR count). The average molecular weight is 374 g/mol. The van der Waals surface area contributed by atoms with Crippen LogP contribution in [-0.2, 0) is 14.3 Å². The van der Waals surface area contributed by atoms with Gasteiger partial charge in [-0.15, -0.1) is 0 Å². The van der Waals surface area contributed by atoms with Crippen LogP contribution < -0.4 is 5.32 Å². The second-order valence-electron chi connectivity index (χ2n) is 6.72. The lowest BCUT2D eigenvalue weighted by molar-refractivity contribution is -0.148. The van der Waals surface area contributed by atoms with Crippen molar-refractivity contribution in [2.24, 2.45) is 0 Å². The van der Waals surface area contributed by atoms with E-state index in [9.17, 15) is 19.2 Å². The summed E-state index contributed by atoms with van der Waals surface area (Å²) in [5.74, 6) is -2.25. The normalized spacial score (nSPS) is 14.1. The Kier molecular flexibility index (Phi) is 7.52. The van der Waals surface area contributed by atoms with E-state index >= 15 is 0 Å². The van der Waals surface area contributed by atoms with Crippen molar-refractivity contribution in [1.82, 2.24) is 10.2 Å². The van der Waals surface area contributed by atoms with Gasteiger partial charge in [0.15, 0.2) is 6.61 Å². The molecule has 0 spiro atoms.